The Labute approximate surface area is 236 Å². The van der Waals surface area contributed by atoms with E-state index < -0.39 is 56.2 Å². The number of aromatic nitrogens is 2. The molecule has 2 aliphatic rings. The van der Waals surface area contributed by atoms with Crippen molar-refractivity contribution in [2.45, 2.75) is 36.3 Å². The van der Waals surface area contributed by atoms with Gasteiger partial charge in [-0.3, -0.25) is 9.52 Å². The molecule has 1 saturated carbocycles. The van der Waals surface area contributed by atoms with Crippen LogP contribution in [0.5, 0.6) is 17.2 Å². The number of pyridine rings is 1. The van der Waals surface area contributed by atoms with E-state index in [4.69, 9.17) is 9.47 Å². The fourth-order valence-electron chi connectivity index (χ4n) is 5.15. The highest BCUT2D eigenvalue weighted by Gasteiger charge is 2.31. The van der Waals surface area contributed by atoms with E-state index in [9.17, 15) is 31.5 Å². The van der Waals surface area contributed by atoms with Crippen molar-refractivity contribution in [3.8, 4) is 28.4 Å². The van der Waals surface area contributed by atoms with Crippen LogP contribution in [0.2, 0.25) is 0 Å². The maximum atomic E-state index is 14.6. The van der Waals surface area contributed by atoms with Gasteiger partial charge in [0.15, 0.2) is 28.9 Å². The van der Waals surface area contributed by atoms with Gasteiger partial charge in [0, 0.05) is 17.0 Å². The summed E-state index contributed by atoms with van der Waals surface area (Å²) in [5, 5.41) is 13.3. The topological polar surface area (TPSA) is 152 Å². The van der Waals surface area contributed by atoms with E-state index >= 15 is 0 Å². The Balaban J connectivity index is 1.43. The fourth-order valence-corrected chi connectivity index (χ4v) is 6.26. The normalized spacial score (nSPS) is 17.9. The van der Waals surface area contributed by atoms with Crippen LogP contribution in [0.15, 0.2) is 41.4 Å². The van der Waals surface area contributed by atoms with Crippen molar-refractivity contribution in [1.29, 1.82) is 0 Å². The summed E-state index contributed by atoms with van der Waals surface area (Å²) in [6.07, 6.45) is 2.30. The highest BCUT2D eigenvalue weighted by molar-refractivity contribution is 7.92. The van der Waals surface area contributed by atoms with Crippen LogP contribution >= 0.6 is 0 Å². The lowest BCUT2D eigenvalue weighted by molar-refractivity contribution is 0.0869. The smallest absolute Gasteiger partial charge is 0.268 e. The number of anilines is 1. The minimum atomic E-state index is -4.85. The van der Waals surface area contributed by atoms with Crippen molar-refractivity contribution in [1.82, 2.24) is 15.3 Å². The molecule has 4 N–H and O–H groups in total. The number of aliphatic hydroxyl groups excluding tert-OH is 1. The number of methoxy groups -OCH3 is 1. The van der Waals surface area contributed by atoms with E-state index in [1.54, 1.807) is 18.2 Å². The van der Waals surface area contributed by atoms with Gasteiger partial charge in [0.1, 0.15) is 16.2 Å². The molecular formula is C27H23F3N4O7S. The number of carbonyl (C=O) groups is 1. The highest BCUT2D eigenvalue weighted by Crippen LogP contribution is 2.40. The Morgan fingerprint density at radius 2 is 1.90 bits per heavy atom. The molecular weight excluding hydrogens is 581 g/mol. The number of amides is 1. The van der Waals surface area contributed by atoms with Crippen molar-refractivity contribution < 1.29 is 45.7 Å². The van der Waals surface area contributed by atoms with Gasteiger partial charge in [-0.1, -0.05) is 6.07 Å². The first kappa shape index (κ1) is 27.7. The van der Waals surface area contributed by atoms with Gasteiger partial charge in [0.05, 0.1) is 31.1 Å². The number of nitrogens with zero attached hydrogens (tertiary/aromatic N) is 1. The maximum Gasteiger partial charge on any atom is 0.268 e. The molecule has 0 radical (unpaired) electrons. The third-order valence-electron chi connectivity index (χ3n) is 7.16. The summed E-state index contributed by atoms with van der Waals surface area (Å²) >= 11 is 0. The molecule has 2 unspecified atom stereocenters. The number of H-pyrrole nitrogens is 1. The Morgan fingerprint density at radius 1 is 1.12 bits per heavy atom. The molecule has 1 aliphatic heterocycles. The Morgan fingerprint density at radius 3 is 2.64 bits per heavy atom. The standard InChI is InChI=1S/C27H23F3N4O7S/c1-39-25-15(28)9-20(22(29)23(25)30)42(37,38)34-13-8-14-21(12-5-6-18-19(7-12)41-11-40-18)24(33-26(14)31-10-13)27(36)32-16-3-2-4-17(16)35/h5-10,16-17,34-35H,2-4,11H2,1H3,(H,31,33)(H,32,36). The number of benzene rings is 2. The number of aliphatic hydroxyl groups is 1. The summed E-state index contributed by atoms with van der Waals surface area (Å²) in [5.74, 6) is -5.72. The maximum absolute atomic E-state index is 14.6. The fraction of sp³-hybridized carbons (Fsp3) is 0.259. The van der Waals surface area contributed by atoms with Gasteiger partial charge in [-0.2, -0.15) is 4.39 Å². The second-order valence-electron chi connectivity index (χ2n) is 9.76. The number of nitrogens with one attached hydrogen (secondary N) is 3. The van der Waals surface area contributed by atoms with Crippen LogP contribution in [-0.2, 0) is 10.0 Å². The minimum absolute atomic E-state index is 0.0101. The third-order valence-corrected chi connectivity index (χ3v) is 8.54. The number of ether oxygens (including phenoxy) is 3. The van der Waals surface area contributed by atoms with Gasteiger partial charge in [0.2, 0.25) is 12.6 Å². The van der Waals surface area contributed by atoms with Crippen LogP contribution < -0.4 is 24.2 Å². The Kier molecular flexibility index (Phi) is 6.85. The second-order valence-corrected chi connectivity index (χ2v) is 11.4. The van der Waals surface area contributed by atoms with Gasteiger partial charge in [-0.15, -0.1) is 0 Å². The highest BCUT2D eigenvalue weighted by atomic mass is 32.2. The van der Waals surface area contributed by atoms with Crippen LogP contribution in [0.25, 0.3) is 22.2 Å². The van der Waals surface area contributed by atoms with Crippen molar-refractivity contribution in [2.24, 2.45) is 0 Å². The van der Waals surface area contributed by atoms with Gasteiger partial charge < -0.3 is 29.6 Å². The molecule has 0 spiro atoms. The summed E-state index contributed by atoms with van der Waals surface area (Å²) in [5.41, 5.74) is 0.929. The number of fused-ring (bicyclic) bond motifs is 2. The van der Waals surface area contributed by atoms with Crippen molar-refractivity contribution in [3.05, 3.63) is 59.7 Å². The average molecular weight is 605 g/mol. The summed E-state index contributed by atoms with van der Waals surface area (Å²) in [6, 6.07) is 6.15. The first-order valence-corrected chi connectivity index (χ1v) is 14.2. The number of carbonyl (C=O) groups excluding carboxylic acids is 1. The number of rotatable bonds is 7. The van der Waals surface area contributed by atoms with Gasteiger partial charge in [-0.05, 0) is 43.0 Å². The molecule has 3 heterocycles. The molecule has 2 aromatic carbocycles. The molecule has 1 fully saturated rings. The second kappa shape index (κ2) is 10.4. The predicted octanol–water partition coefficient (Wildman–Crippen LogP) is 3.83. The monoisotopic (exact) mass is 604 g/mol. The zero-order valence-corrected chi connectivity index (χ0v) is 22.6. The first-order chi connectivity index (χ1) is 20.1. The van der Waals surface area contributed by atoms with Crippen LogP contribution in [-0.4, -0.2) is 55.4 Å². The predicted molar refractivity (Wildman–Crippen MR) is 142 cm³/mol. The molecule has 220 valence electrons. The van der Waals surface area contributed by atoms with Crippen LogP contribution in [0, 0.1) is 17.5 Å². The SMILES string of the molecule is COc1c(F)cc(S(=O)(=O)Nc2cnc3[nH]c(C(=O)NC4CCCC4O)c(-c4ccc5c(c4)OCO5)c3c2)c(F)c1F. The average Bonchev–Trinajstić information content (AvgIpc) is 3.68. The molecule has 11 nitrogen and oxygen atoms in total. The molecule has 0 bridgehead atoms. The zero-order valence-electron chi connectivity index (χ0n) is 21.8. The van der Waals surface area contributed by atoms with Crippen molar-refractivity contribution in [2.75, 3.05) is 18.6 Å². The van der Waals surface area contributed by atoms with Crippen LogP contribution in [0.1, 0.15) is 29.8 Å². The lowest BCUT2D eigenvalue weighted by Crippen LogP contribution is -2.40. The van der Waals surface area contributed by atoms with E-state index in [2.05, 4.69) is 24.7 Å². The summed E-state index contributed by atoms with van der Waals surface area (Å²) in [4.78, 5) is 19.3. The van der Waals surface area contributed by atoms with E-state index in [1.807, 2.05) is 0 Å². The number of hydrogen-bond acceptors (Lipinski definition) is 8. The largest absolute Gasteiger partial charge is 0.491 e. The van der Waals surface area contributed by atoms with Gasteiger partial charge >= 0.3 is 0 Å². The summed E-state index contributed by atoms with van der Waals surface area (Å²) in [6.45, 7) is 0.0101. The molecule has 1 amide bonds. The summed E-state index contributed by atoms with van der Waals surface area (Å²) in [7, 11) is -3.94. The Bertz CT molecular complexity index is 1850. The molecule has 2 atom stereocenters. The van der Waals surface area contributed by atoms with E-state index in [0.717, 1.165) is 19.7 Å². The Hall–Kier alpha value is -4.50. The molecule has 1 aliphatic carbocycles. The molecule has 42 heavy (non-hydrogen) atoms. The third kappa shape index (κ3) is 4.73. The molecule has 0 saturated heterocycles. The van der Waals surface area contributed by atoms with Crippen molar-refractivity contribution >= 4 is 32.7 Å². The lowest BCUT2D eigenvalue weighted by Gasteiger charge is -2.16. The van der Waals surface area contributed by atoms with Gasteiger partial charge in [0.25, 0.3) is 15.9 Å². The van der Waals surface area contributed by atoms with Crippen LogP contribution in [0.3, 0.4) is 0 Å². The molecule has 15 heteroatoms. The van der Waals surface area contributed by atoms with Crippen molar-refractivity contribution in [3.63, 3.8) is 0 Å². The minimum Gasteiger partial charge on any atom is -0.491 e. The molecule has 6 rings (SSSR count). The number of sulfonamides is 1. The number of halogens is 3. The number of aromatic amines is 1. The van der Waals surface area contributed by atoms with Crippen LogP contribution in [0.4, 0.5) is 18.9 Å². The van der Waals surface area contributed by atoms with E-state index in [1.165, 1.54) is 6.07 Å². The molecule has 4 aromatic rings. The van der Waals surface area contributed by atoms with E-state index in [0.29, 0.717) is 46.9 Å². The zero-order chi connectivity index (χ0) is 29.8. The van der Waals surface area contributed by atoms with E-state index in [-0.39, 0.29) is 23.8 Å². The number of hydrogen-bond donors (Lipinski definition) is 4. The first-order valence-electron chi connectivity index (χ1n) is 12.7. The molecule has 2 aromatic heterocycles. The lowest BCUT2D eigenvalue weighted by atomic mass is 10.0. The summed E-state index contributed by atoms with van der Waals surface area (Å²) < 4.78 is 86.5. The van der Waals surface area contributed by atoms with Gasteiger partial charge in [-0.25, -0.2) is 22.2 Å². The quantitative estimate of drug-likeness (QED) is 0.233.